The molecule has 5 heterocycles. The van der Waals surface area contributed by atoms with E-state index < -0.39 is 5.54 Å². The minimum atomic E-state index is -0.780. The number of nitrogens with zero attached hydrogens (tertiary/aromatic N) is 3. The molecule has 2 atom stereocenters. The summed E-state index contributed by atoms with van der Waals surface area (Å²) in [5, 5.41) is 0. The number of hydrogen-bond acceptors (Lipinski definition) is 7. The molecule has 2 aromatic heterocycles. The number of ether oxygens (including phenoxy) is 3. The molecule has 0 bridgehead atoms. The van der Waals surface area contributed by atoms with Gasteiger partial charge in [0.25, 0.3) is 6.02 Å². The van der Waals surface area contributed by atoms with Crippen LogP contribution in [0, 0.1) is 0 Å². The Morgan fingerprint density at radius 3 is 2.71 bits per heavy atom. The Morgan fingerprint density at radius 2 is 1.94 bits per heavy atom. The van der Waals surface area contributed by atoms with Crippen molar-refractivity contribution in [3.63, 3.8) is 0 Å². The number of rotatable bonds is 2. The second-order valence-electron chi connectivity index (χ2n) is 8.11. The summed E-state index contributed by atoms with van der Waals surface area (Å²) in [4.78, 5) is 13.7. The summed E-state index contributed by atoms with van der Waals surface area (Å²) >= 11 is 0. The third-order valence-electron chi connectivity index (χ3n) is 6.21. The van der Waals surface area contributed by atoms with Gasteiger partial charge in [-0.15, -0.1) is 0 Å². The highest BCUT2D eigenvalue weighted by atomic mass is 16.5. The van der Waals surface area contributed by atoms with Crippen LogP contribution in [0.3, 0.4) is 0 Å². The van der Waals surface area contributed by atoms with E-state index in [0.29, 0.717) is 12.4 Å². The predicted molar refractivity (Wildman–Crippen MR) is 115 cm³/mol. The first-order valence-electron chi connectivity index (χ1n) is 10.6. The number of aromatic nitrogens is 2. The van der Waals surface area contributed by atoms with Gasteiger partial charge in [-0.25, -0.2) is 4.99 Å². The summed E-state index contributed by atoms with van der Waals surface area (Å²) in [6.45, 7) is 1.07. The molecule has 1 aromatic carbocycles. The quantitative estimate of drug-likeness (QED) is 0.679. The zero-order valence-electron chi connectivity index (χ0n) is 17.0. The van der Waals surface area contributed by atoms with Crippen molar-refractivity contribution in [2.75, 3.05) is 13.2 Å². The molecule has 3 aliphatic rings. The number of aliphatic imine (C=N–C) groups is 1. The molecule has 6 rings (SSSR count). The Balaban J connectivity index is 1.51. The van der Waals surface area contributed by atoms with Crippen molar-refractivity contribution >= 4 is 6.02 Å². The molecule has 3 aromatic rings. The van der Waals surface area contributed by atoms with Gasteiger partial charge >= 0.3 is 0 Å². The molecule has 0 radical (unpaired) electrons. The number of hydrogen-bond donors (Lipinski definition) is 1. The Hall–Kier alpha value is -3.45. The summed E-state index contributed by atoms with van der Waals surface area (Å²) in [6.07, 6.45) is 8.56. The summed E-state index contributed by atoms with van der Waals surface area (Å²) in [5.74, 6) is 1.40. The molecule has 1 spiro atoms. The fourth-order valence-corrected chi connectivity index (χ4v) is 4.64. The molecule has 3 aliphatic heterocycles. The van der Waals surface area contributed by atoms with E-state index in [1.165, 1.54) is 0 Å². The lowest BCUT2D eigenvalue weighted by Gasteiger charge is -2.34. The SMILES string of the molecule is NC1=N[C@@]2(CO1)c1cc(-c3cccnc3)ccc1Oc1cnc([C@@H]3CCCCO3)cc12. The van der Waals surface area contributed by atoms with Gasteiger partial charge in [0.2, 0.25) is 0 Å². The molecule has 1 saturated heterocycles. The van der Waals surface area contributed by atoms with Gasteiger partial charge in [-0.3, -0.25) is 9.97 Å². The molecule has 0 aliphatic carbocycles. The molecule has 31 heavy (non-hydrogen) atoms. The van der Waals surface area contributed by atoms with Crippen LogP contribution >= 0.6 is 0 Å². The maximum absolute atomic E-state index is 6.25. The van der Waals surface area contributed by atoms with Crippen LogP contribution in [0.2, 0.25) is 0 Å². The van der Waals surface area contributed by atoms with Gasteiger partial charge in [-0.05, 0) is 49.1 Å². The van der Waals surface area contributed by atoms with E-state index in [1.54, 1.807) is 12.4 Å². The van der Waals surface area contributed by atoms with Crippen molar-refractivity contribution in [3.05, 3.63) is 71.8 Å². The predicted octanol–water partition coefficient (Wildman–Crippen LogP) is 4.08. The third-order valence-corrected chi connectivity index (χ3v) is 6.21. The van der Waals surface area contributed by atoms with E-state index in [4.69, 9.17) is 24.9 Å². The summed E-state index contributed by atoms with van der Waals surface area (Å²) in [6, 6.07) is 12.3. The van der Waals surface area contributed by atoms with E-state index in [0.717, 1.165) is 59.6 Å². The largest absolute Gasteiger partial charge is 0.462 e. The lowest BCUT2D eigenvalue weighted by Crippen LogP contribution is -2.31. The molecule has 7 heteroatoms. The second kappa shape index (κ2) is 7.06. The van der Waals surface area contributed by atoms with Crippen molar-refractivity contribution in [3.8, 4) is 22.6 Å². The molecule has 7 nitrogen and oxygen atoms in total. The van der Waals surface area contributed by atoms with Gasteiger partial charge in [0.05, 0.1) is 18.0 Å². The van der Waals surface area contributed by atoms with Gasteiger partial charge in [-0.2, -0.15) is 0 Å². The Morgan fingerprint density at radius 1 is 1.00 bits per heavy atom. The number of pyridine rings is 2. The first-order valence-corrected chi connectivity index (χ1v) is 10.6. The number of nitrogens with two attached hydrogens (primary N) is 1. The first kappa shape index (κ1) is 18.3. The highest BCUT2D eigenvalue weighted by Gasteiger charge is 2.47. The lowest BCUT2D eigenvalue weighted by molar-refractivity contribution is 0.0121. The van der Waals surface area contributed by atoms with E-state index in [1.807, 2.05) is 30.5 Å². The topological polar surface area (TPSA) is 91.9 Å². The molecule has 1 fully saturated rings. The van der Waals surface area contributed by atoms with Crippen molar-refractivity contribution in [1.82, 2.24) is 9.97 Å². The van der Waals surface area contributed by atoms with Gasteiger partial charge in [0.1, 0.15) is 12.4 Å². The molecule has 0 saturated carbocycles. The zero-order valence-corrected chi connectivity index (χ0v) is 17.0. The van der Waals surface area contributed by atoms with Crippen LogP contribution in [-0.2, 0) is 15.0 Å². The minimum absolute atomic E-state index is 0.0112. The fourth-order valence-electron chi connectivity index (χ4n) is 4.64. The molecular formula is C24H22N4O3. The molecule has 0 amide bonds. The standard InChI is InChI=1S/C24H22N4O3/c25-23-28-24(14-30-23)17-10-15(16-4-3-8-26-12-16)6-7-20(17)31-22-13-27-19(11-18(22)24)21-5-1-2-9-29-21/h3-4,6-8,10-13,21H,1-2,5,9,14H2,(H2,25,28)/t21-,24-/m0/s1. The minimum Gasteiger partial charge on any atom is -0.462 e. The number of amidine groups is 1. The van der Waals surface area contributed by atoms with Gasteiger partial charge in [0.15, 0.2) is 11.3 Å². The smallest absolute Gasteiger partial charge is 0.283 e. The maximum atomic E-state index is 6.25. The average molecular weight is 414 g/mol. The molecule has 0 unspecified atom stereocenters. The first-order chi connectivity index (χ1) is 15.2. The van der Waals surface area contributed by atoms with Crippen LogP contribution in [0.1, 0.15) is 42.2 Å². The summed E-state index contributed by atoms with van der Waals surface area (Å²) < 4.78 is 17.9. The number of benzene rings is 1. The van der Waals surface area contributed by atoms with Gasteiger partial charge in [-0.1, -0.05) is 12.1 Å². The molecule has 156 valence electrons. The Labute approximate surface area is 179 Å². The summed E-state index contributed by atoms with van der Waals surface area (Å²) in [7, 11) is 0. The number of fused-ring (bicyclic) bond motifs is 4. The van der Waals surface area contributed by atoms with E-state index in [9.17, 15) is 0 Å². The van der Waals surface area contributed by atoms with Crippen LogP contribution in [0.15, 0.2) is 60.0 Å². The molecule has 2 N–H and O–H groups in total. The Kier molecular flexibility index (Phi) is 4.17. The fraction of sp³-hybridized carbons (Fsp3) is 0.292. The van der Waals surface area contributed by atoms with E-state index >= 15 is 0 Å². The van der Waals surface area contributed by atoms with Gasteiger partial charge < -0.3 is 19.9 Å². The van der Waals surface area contributed by atoms with Crippen molar-refractivity contribution in [2.24, 2.45) is 10.7 Å². The third kappa shape index (κ3) is 2.96. The maximum Gasteiger partial charge on any atom is 0.283 e. The van der Waals surface area contributed by atoms with Crippen LogP contribution in [0.4, 0.5) is 0 Å². The second-order valence-corrected chi connectivity index (χ2v) is 8.11. The normalized spacial score (nSPS) is 24.0. The molecular weight excluding hydrogens is 392 g/mol. The van der Waals surface area contributed by atoms with E-state index in [-0.39, 0.29) is 12.1 Å². The van der Waals surface area contributed by atoms with Crippen LogP contribution in [0.5, 0.6) is 11.5 Å². The van der Waals surface area contributed by atoms with E-state index in [2.05, 4.69) is 22.1 Å². The van der Waals surface area contributed by atoms with Gasteiger partial charge in [0, 0.05) is 35.7 Å². The summed E-state index contributed by atoms with van der Waals surface area (Å²) in [5.41, 5.74) is 10.0. The van der Waals surface area contributed by atoms with Crippen molar-refractivity contribution < 1.29 is 14.2 Å². The van der Waals surface area contributed by atoms with Crippen LogP contribution < -0.4 is 10.5 Å². The van der Waals surface area contributed by atoms with Crippen molar-refractivity contribution in [1.29, 1.82) is 0 Å². The van der Waals surface area contributed by atoms with Crippen molar-refractivity contribution in [2.45, 2.75) is 30.9 Å². The van der Waals surface area contributed by atoms with Crippen LogP contribution in [0.25, 0.3) is 11.1 Å². The highest BCUT2D eigenvalue weighted by molar-refractivity contribution is 5.77. The van der Waals surface area contributed by atoms with Crippen LogP contribution in [-0.4, -0.2) is 29.2 Å². The monoisotopic (exact) mass is 414 g/mol. The average Bonchev–Trinajstić information content (AvgIpc) is 3.22. The lowest BCUT2D eigenvalue weighted by atomic mass is 9.80. The highest BCUT2D eigenvalue weighted by Crippen LogP contribution is 2.52. The zero-order chi connectivity index (χ0) is 20.8. The Bertz CT molecular complexity index is 1170.